The van der Waals surface area contributed by atoms with Crippen molar-refractivity contribution in [3.63, 3.8) is 0 Å². The monoisotopic (exact) mass is 1600 g/mol. The first kappa shape index (κ1) is 96.9. The van der Waals surface area contributed by atoms with Crippen LogP contribution >= 0.6 is 23.5 Å². The number of primary amides is 1. The second-order valence-corrected chi connectivity index (χ2v) is 28.8. The van der Waals surface area contributed by atoms with Crippen LogP contribution in [0.15, 0.2) is 54.6 Å². The molecule has 2 aromatic rings. The lowest BCUT2D eigenvalue weighted by Crippen LogP contribution is -2.61. The number of carbonyl (C=O) groups is 17. The Morgan fingerprint density at radius 2 is 0.820 bits per heavy atom. The Balaban J connectivity index is 2.48. The molecular formula is C71H110N16O22S2. The SMILES string of the molecule is CC[C@H](C)[C@H](NC(=O)[C@H](C)NC(=O)[C@H](CC(N)=O)NC(=O)[C@@H](N)CC(C)C)C(=O)N[C@@H](Cc1ccccc1)C(=O)N[C@@H](CCC(=O)O)C(=O)N[C@@H](C)C(=O)N[C@@H](CCSC)C(=O)N[C@@H](CCCCN)C(=O)N[C@@H](CCSC)C(=O)N[C@@H](CCC(=O)O)C(=O)N[C@@H](Cc1ccc(O)cc1)C(=O)N[C@@H](CO)C(=O)NCC(=O)O. The summed E-state index contributed by atoms with van der Waals surface area (Å²) < 4.78 is 0. The molecule has 0 radical (unpaired) electrons. The summed E-state index contributed by atoms with van der Waals surface area (Å²) in [6, 6.07) is -6.13. The zero-order valence-electron chi connectivity index (χ0n) is 63.5. The molecule has 0 aliphatic rings. The van der Waals surface area contributed by atoms with Crippen LogP contribution in [0.1, 0.15) is 130 Å². The van der Waals surface area contributed by atoms with E-state index in [1.807, 2.05) is 19.2 Å². The van der Waals surface area contributed by atoms with Gasteiger partial charge in [-0.25, -0.2) is 0 Å². The molecule has 14 atom stereocenters. The molecule has 38 nitrogen and oxygen atoms in total. The number of phenolic OH excluding ortho intramolecular Hbond substituents is 1. The number of carboxylic acid groups (broad SMARTS) is 3. The van der Waals surface area contributed by atoms with E-state index in [2.05, 4.69) is 63.8 Å². The number of aliphatic carboxylic acids is 3. The van der Waals surface area contributed by atoms with E-state index in [0.717, 1.165) is 0 Å². The lowest BCUT2D eigenvalue weighted by Gasteiger charge is -2.29. The van der Waals surface area contributed by atoms with Crippen molar-refractivity contribution in [2.24, 2.45) is 29.0 Å². The average Bonchev–Trinajstić information content (AvgIpc) is 0.852. The van der Waals surface area contributed by atoms with Crippen molar-refractivity contribution in [3.8, 4) is 5.75 Å². The topological polar surface area (TPSA) is 626 Å². The van der Waals surface area contributed by atoms with E-state index in [0.29, 0.717) is 17.5 Å². The fourth-order valence-corrected chi connectivity index (χ4v) is 11.6. The Bertz CT molecular complexity index is 3470. The van der Waals surface area contributed by atoms with Crippen LogP contribution in [0, 0.1) is 11.8 Å². The molecule has 0 bridgehead atoms. The van der Waals surface area contributed by atoms with Gasteiger partial charge in [0.2, 0.25) is 82.7 Å². The van der Waals surface area contributed by atoms with E-state index in [1.54, 1.807) is 56.7 Å². The van der Waals surface area contributed by atoms with Gasteiger partial charge in [0.05, 0.1) is 19.1 Å². The molecule has 0 saturated carbocycles. The summed E-state index contributed by atoms with van der Waals surface area (Å²) in [7, 11) is 0. The summed E-state index contributed by atoms with van der Waals surface area (Å²) in [6.45, 7) is 7.70. The number of unbranched alkanes of at least 4 members (excludes halogenated alkanes) is 1. The molecule has 2 aromatic carbocycles. The minimum atomic E-state index is -1.74. The molecular weight excluding hydrogens is 1490 g/mol. The molecule has 0 unspecified atom stereocenters. The number of amides is 14. The predicted octanol–water partition coefficient (Wildman–Crippen LogP) is -4.11. The molecule has 0 saturated heterocycles. The number of rotatable bonds is 54. The predicted molar refractivity (Wildman–Crippen MR) is 408 cm³/mol. The van der Waals surface area contributed by atoms with Crippen LogP contribution in [-0.2, 0) is 94.3 Å². The molecule has 111 heavy (non-hydrogen) atoms. The second kappa shape index (κ2) is 51.3. The molecule has 24 N–H and O–H groups in total. The number of phenols is 1. The van der Waals surface area contributed by atoms with E-state index in [-0.39, 0.29) is 81.1 Å². The third kappa shape index (κ3) is 37.4. The van der Waals surface area contributed by atoms with Crippen LogP contribution in [0.4, 0.5) is 0 Å². The van der Waals surface area contributed by atoms with Gasteiger partial charge >= 0.3 is 17.9 Å². The first-order chi connectivity index (χ1) is 52.4. The van der Waals surface area contributed by atoms with E-state index >= 15 is 0 Å². The van der Waals surface area contributed by atoms with E-state index < -0.39 is 230 Å². The number of hydrogen-bond donors (Lipinski definition) is 21. The van der Waals surface area contributed by atoms with Crippen molar-refractivity contribution >= 4 is 124 Å². The van der Waals surface area contributed by atoms with Gasteiger partial charge in [0, 0.05) is 25.7 Å². The Kier molecular flexibility index (Phi) is 44.8. The van der Waals surface area contributed by atoms with Crippen LogP contribution in [-0.4, -0.2) is 248 Å². The number of nitrogens with two attached hydrogens (primary N) is 3. The molecule has 0 heterocycles. The van der Waals surface area contributed by atoms with Gasteiger partial charge in [-0.3, -0.25) is 81.5 Å². The number of thioether (sulfide) groups is 2. The number of aromatic hydroxyl groups is 1. The quantitative estimate of drug-likeness (QED) is 0.0280. The summed E-state index contributed by atoms with van der Waals surface area (Å²) >= 11 is 2.52. The van der Waals surface area contributed by atoms with Crippen molar-refractivity contribution in [2.75, 3.05) is 43.7 Å². The van der Waals surface area contributed by atoms with Gasteiger partial charge < -0.3 is 112 Å². The maximum atomic E-state index is 14.5. The highest BCUT2D eigenvalue weighted by atomic mass is 32.2. The Labute approximate surface area is 651 Å². The second-order valence-electron chi connectivity index (χ2n) is 26.9. The van der Waals surface area contributed by atoms with E-state index in [1.165, 1.54) is 61.6 Å². The highest BCUT2D eigenvalue weighted by molar-refractivity contribution is 7.98. The molecule has 618 valence electrons. The molecule has 14 amide bonds. The Morgan fingerprint density at radius 3 is 1.24 bits per heavy atom. The third-order valence-corrected chi connectivity index (χ3v) is 18.5. The minimum absolute atomic E-state index is 0.000103. The molecule has 0 spiro atoms. The molecule has 0 aromatic heterocycles. The summed E-state index contributed by atoms with van der Waals surface area (Å²) in [5.41, 5.74) is 18.0. The summed E-state index contributed by atoms with van der Waals surface area (Å²) in [5, 5.41) is 80.3. The number of benzene rings is 2. The minimum Gasteiger partial charge on any atom is -0.508 e. The number of aliphatic hydroxyl groups excluding tert-OH is 1. The van der Waals surface area contributed by atoms with Gasteiger partial charge in [-0.05, 0) is 131 Å². The third-order valence-electron chi connectivity index (χ3n) is 17.2. The largest absolute Gasteiger partial charge is 0.508 e. The zero-order valence-corrected chi connectivity index (χ0v) is 65.1. The molecule has 40 heteroatoms. The summed E-state index contributed by atoms with van der Waals surface area (Å²) in [6.07, 6.45) is 0.353. The number of nitrogens with one attached hydrogen (secondary N) is 13. The lowest BCUT2D eigenvalue weighted by molar-refractivity contribution is -0.139. The molecule has 0 aliphatic carbocycles. The number of aliphatic hydroxyl groups is 1. The lowest BCUT2D eigenvalue weighted by atomic mass is 9.96. The van der Waals surface area contributed by atoms with Crippen molar-refractivity contribution in [3.05, 3.63) is 65.7 Å². The van der Waals surface area contributed by atoms with Gasteiger partial charge in [-0.2, -0.15) is 23.5 Å². The van der Waals surface area contributed by atoms with Crippen LogP contribution in [0.25, 0.3) is 0 Å². The van der Waals surface area contributed by atoms with Gasteiger partial charge in [-0.1, -0.05) is 76.6 Å². The van der Waals surface area contributed by atoms with Gasteiger partial charge in [0.1, 0.15) is 84.8 Å². The summed E-state index contributed by atoms with van der Waals surface area (Å²) in [4.78, 5) is 229. The highest BCUT2D eigenvalue weighted by Crippen LogP contribution is 2.16. The van der Waals surface area contributed by atoms with Crippen LogP contribution in [0.3, 0.4) is 0 Å². The standard InChI is InChI=1S/C71H110N16O22S2/c1-9-38(4)58(87-60(98)40(6)77-68(106)52(34-54(74)90)83-61(99)44(73)31-37(2)3)71(109)85-51(32-41-15-11-10-12-16-41)69(107)81-46(22-24-55(91)92)63(101)76-39(5)59(97)78-48(26-29-110-7)66(104)79-45(17-13-14-28-72)64(102)82-49(27-30-111-8)67(105)80-47(23-25-56(93)94)65(103)84-50(33-42-18-20-43(89)21-19-42)70(108)86-53(36-88)62(100)75-35-57(95)96/h10-12,15-16,18-21,37-40,44-53,58,88-89H,9,13-14,17,22-36,72-73H2,1-8H3,(H2,74,90)(H,75,100)(H,76,101)(H,77,106)(H,78,97)(H,79,104)(H,80,105)(H,81,107)(H,82,102)(H,83,99)(H,84,103)(H,85,109)(H,86,108)(H,87,98)(H,91,92)(H,93,94)(H,95,96)/t38-,39-,40-,44-,45-,46-,47-,48-,49-,50-,51-,52-,53-,58-/m0/s1. The first-order valence-corrected chi connectivity index (χ1v) is 38.9. The number of hydrogen-bond acceptors (Lipinski definition) is 23. The van der Waals surface area contributed by atoms with E-state index in [4.69, 9.17) is 22.3 Å². The van der Waals surface area contributed by atoms with Crippen molar-refractivity contribution in [1.29, 1.82) is 0 Å². The van der Waals surface area contributed by atoms with E-state index in [9.17, 15) is 102 Å². The van der Waals surface area contributed by atoms with Crippen LogP contribution < -0.4 is 86.3 Å². The normalized spacial score (nSPS) is 14.8. The van der Waals surface area contributed by atoms with Crippen molar-refractivity contribution in [2.45, 2.75) is 210 Å². The molecule has 0 aliphatic heterocycles. The Morgan fingerprint density at radius 1 is 0.432 bits per heavy atom. The van der Waals surface area contributed by atoms with Gasteiger partial charge in [-0.15, -0.1) is 0 Å². The first-order valence-electron chi connectivity index (χ1n) is 36.1. The van der Waals surface area contributed by atoms with Gasteiger partial charge in [0.15, 0.2) is 0 Å². The number of carbonyl (C=O) groups excluding carboxylic acids is 14. The van der Waals surface area contributed by atoms with Gasteiger partial charge in [0.25, 0.3) is 0 Å². The maximum Gasteiger partial charge on any atom is 0.322 e. The van der Waals surface area contributed by atoms with Crippen LogP contribution in [0.5, 0.6) is 5.75 Å². The smallest absolute Gasteiger partial charge is 0.322 e. The number of carboxylic acids is 3. The fourth-order valence-electron chi connectivity index (χ4n) is 10.7. The Hall–Kier alpha value is -10.2. The average molecular weight is 1600 g/mol. The van der Waals surface area contributed by atoms with Crippen LogP contribution in [0.2, 0.25) is 0 Å². The van der Waals surface area contributed by atoms with Crippen molar-refractivity contribution in [1.82, 2.24) is 69.1 Å². The molecule has 0 fully saturated rings. The highest BCUT2D eigenvalue weighted by Gasteiger charge is 2.38. The maximum absolute atomic E-state index is 14.5. The summed E-state index contributed by atoms with van der Waals surface area (Å²) in [5.74, 6) is -18.4. The van der Waals surface area contributed by atoms with Crippen molar-refractivity contribution < 1.29 is 107 Å². The molecule has 2 rings (SSSR count). The zero-order chi connectivity index (χ0) is 83.6. The fraction of sp³-hybridized carbons (Fsp3) is 0.592.